The Kier molecular flexibility index (Phi) is 2.55. The number of nitriles is 1. The molecule has 80 valence electrons. The third kappa shape index (κ3) is 1.62. The number of anilines is 1. The Morgan fingerprint density at radius 3 is 2.75 bits per heavy atom. The molecule has 0 saturated heterocycles. The third-order valence-electron chi connectivity index (χ3n) is 2.33. The van der Waals surface area contributed by atoms with Crippen molar-refractivity contribution in [2.45, 2.75) is 0 Å². The van der Waals surface area contributed by atoms with Crippen LogP contribution in [-0.4, -0.2) is 9.78 Å². The molecule has 0 aliphatic carbocycles. The molecular weight excluding hydrogens is 224 g/mol. The van der Waals surface area contributed by atoms with Crippen LogP contribution in [0.2, 0.25) is 5.02 Å². The zero-order chi connectivity index (χ0) is 11.7. The van der Waals surface area contributed by atoms with Crippen LogP contribution in [0.5, 0.6) is 0 Å². The molecule has 0 aliphatic rings. The molecule has 0 fully saturated rings. The second-order valence-electron chi connectivity index (χ2n) is 3.38. The van der Waals surface area contributed by atoms with E-state index in [-0.39, 0.29) is 0 Å². The number of halogens is 1. The minimum absolute atomic E-state index is 0.417. The van der Waals surface area contributed by atoms with Crippen molar-refractivity contribution in [2.24, 2.45) is 7.05 Å². The zero-order valence-corrected chi connectivity index (χ0v) is 9.36. The monoisotopic (exact) mass is 232 g/mol. The summed E-state index contributed by atoms with van der Waals surface area (Å²) in [5, 5.41) is 13.2. The summed E-state index contributed by atoms with van der Waals surface area (Å²) in [7, 11) is 1.80. The minimum atomic E-state index is 0.417. The Hall–Kier alpha value is -1.99. The van der Waals surface area contributed by atoms with E-state index in [1.54, 1.807) is 36.1 Å². The molecule has 0 amide bonds. The zero-order valence-electron chi connectivity index (χ0n) is 8.61. The molecule has 0 atom stereocenters. The van der Waals surface area contributed by atoms with Crippen LogP contribution < -0.4 is 5.73 Å². The van der Waals surface area contributed by atoms with Gasteiger partial charge >= 0.3 is 0 Å². The molecule has 2 aromatic rings. The third-order valence-corrected chi connectivity index (χ3v) is 2.64. The van der Waals surface area contributed by atoms with Gasteiger partial charge in [-0.3, -0.25) is 4.68 Å². The first-order chi connectivity index (χ1) is 7.63. The van der Waals surface area contributed by atoms with Crippen molar-refractivity contribution in [1.82, 2.24) is 9.78 Å². The molecule has 0 aliphatic heterocycles. The average molecular weight is 233 g/mol. The van der Waals surface area contributed by atoms with Gasteiger partial charge in [-0.25, -0.2) is 0 Å². The van der Waals surface area contributed by atoms with Gasteiger partial charge in [0, 0.05) is 12.6 Å². The first kappa shape index (κ1) is 10.5. The number of nitrogen functional groups attached to an aromatic ring is 1. The highest BCUT2D eigenvalue weighted by Gasteiger charge is 2.10. The van der Waals surface area contributed by atoms with E-state index in [1.807, 2.05) is 6.07 Å². The number of rotatable bonds is 1. The van der Waals surface area contributed by atoms with Crippen LogP contribution in [0.4, 0.5) is 5.69 Å². The molecule has 1 aromatic heterocycles. The van der Waals surface area contributed by atoms with E-state index in [0.29, 0.717) is 16.3 Å². The molecule has 5 heteroatoms. The summed E-state index contributed by atoms with van der Waals surface area (Å²) in [6, 6.07) is 7.20. The first-order valence-electron chi connectivity index (χ1n) is 4.61. The van der Waals surface area contributed by atoms with E-state index in [0.717, 1.165) is 11.3 Å². The predicted molar refractivity (Wildman–Crippen MR) is 62.8 cm³/mol. The van der Waals surface area contributed by atoms with Gasteiger partial charge in [-0.05, 0) is 12.1 Å². The number of aromatic nitrogens is 2. The quantitative estimate of drug-likeness (QED) is 0.820. The molecule has 0 spiro atoms. The molecule has 2 rings (SSSR count). The number of hydrogen-bond acceptors (Lipinski definition) is 3. The van der Waals surface area contributed by atoms with E-state index in [1.165, 1.54) is 0 Å². The summed E-state index contributed by atoms with van der Waals surface area (Å²) in [5.41, 5.74) is 8.49. The van der Waals surface area contributed by atoms with Crippen molar-refractivity contribution in [3.63, 3.8) is 0 Å². The lowest BCUT2D eigenvalue weighted by Crippen LogP contribution is -1.96. The van der Waals surface area contributed by atoms with Gasteiger partial charge in [0.15, 0.2) is 0 Å². The maximum absolute atomic E-state index is 8.77. The number of nitrogens with zero attached hydrogens (tertiary/aromatic N) is 3. The summed E-state index contributed by atoms with van der Waals surface area (Å²) >= 11 is 5.96. The number of aryl methyl sites for hydroxylation is 1. The summed E-state index contributed by atoms with van der Waals surface area (Å²) in [6.45, 7) is 0. The van der Waals surface area contributed by atoms with Crippen LogP contribution in [0.15, 0.2) is 24.4 Å². The lowest BCUT2D eigenvalue weighted by atomic mass is 10.1. The Labute approximate surface area is 97.9 Å². The maximum Gasteiger partial charge on any atom is 0.101 e. The van der Waals surface area contributed by atoms with Crippen LogP contribution in [0.25, 0.3) is 11.3 Å². The molecule has 0 saturated carbocycles. The fraction of sp³-hybridized carbons (Fsp3) is 0.0909. The van der Waals surface area contributed by atoms with E-state index in [2.05, 4.69) is 5.10 Å². The molecule has 0 radical (unpaired) electrons. The number of benzene rings is 1. The molecule has 0 unspecified atom stereocenters. The van der Waals surface area contributed by atoms with E-state index in [9.17, 15) is 0 Å². The largest absolute Gasteiger partial charge is 0.396 e. The van der Waals surface area contributed by atoms with Gasteiger partial charge in [0.1, 0.15) is 6.07 Å². The normalized spacial score (nSPS) is 10.1. The molecular formula is C11H9ClN4. The van der Waals surface area contributed by atoms with Crippen molar-refractivity contribution < 1.29 is 0 Å². The highest BCUT2D eigenvalue weighted by molar-refractivity contribution is 6.32. The van der Waals surface area contributed by atoms with Crippen molar-refractivity contribution in [3.05, 3.63) is 35.0 Å². The lowest BCUT2D eigenvalue weighted by Gasteiger charge is -2.05. The molecule has 1 aromatic carbocycles. The van der Waals surface area contributed by atoms with Gasteiger partial charge in [-0.2, -0.15) is 10.4 Å². The Morgan fingerprint density at radius 2 is 2.25 bits per heavy atom. The predicted octanol–water partition coefficient (Wildman–Crippen LogP) is 2.19. The van der Waals surface area contributed by atoms with E-state index >= 15 is 0 Å². The standard InChI is InChI=1S/C11H9ClN4/c1-16-11(10(14)6-15-16)7-2-3-8(5-13)9(12)4-7/h2-4,6H,14H2,1H3. The maximum atomic E-state index is 8.77. The topological polar surface area (TPSA) is 67.6 Å². The highest BCUT2D eigenvalue weighted by Crippen LogP contribution is 2.28. The second kappa shape index (κ2) is 3.87. The molecule has 1 heterocycles. The lowest BCUT2D eigenvalue weighted by molar-refractivity contribution is 0.776. The first-order valence-corrected chi connectivity index (χ1v) is 4.98. The summed E-state index contributed by atoms with van der Waals surface area (Å²) < 4.78 is 1.67. The van der Waals surface area contributed by atoms with Crippen molar-refractivity contribution in [1.29, 1.82) is 5.26 Å². The molecule has 2 N–H and O–H groups in total. The van der Waals surface area contributed by atoms with Crippen LogP contribution in [0.1, 0.15) is 5.56 Å². The van der Waals surface area contributed by atoms with E-state index in [4.69, 9.17) is 22.6 Å². The Bertz CT molecular complexity index is 561. The highest BCUT2D eigenvalue weighted by atomic mass is 35.5. The fourth-order valence-electron chi connectivity index (χ4n) is 1.56. The SMILES string of the molecule is Cn1ncc(N)c1-c1ccc(C#N)c(Cl)c1. The minimum Gasteiger partial charge on any atom is -0.396 e. The number of hydrogen-bond donors (Lipinski definition) is 1. The van der Waals surface area contributed by atoms with Crippen molar-refractivity contribution >= 4 is 17.3 Å². The Balaban J connectivity index is 2.59. The van der Waals surface area contributed by atoms with Gasteiger partial charge in [0.05, 0.1) is 28.2 Å². The van der Waals surface area contributed by atoms with Crippen molar-refractivity contribution in [3.8, 4) is 17.3 Å². The second-order valence-corrected chi connectivity index (χ2v) is 3.79. The molecule has 16 heavy (non-hydrogen) atoms. The van der Waals surface area contributed by atoms with Crippen molar-refractivity contribution in [2.75, 3.05) is 5.73 Å². The van der Waals surface area contributed by atoms with Gasteiger partial charge in [-0.15, -0.1) is 0 Å². The summed E-state index contributed by atoms with van der Waals surface area (Å²) in [5.74, 6) is 0. The summed E-state index contributed by atoms with van der Waals surface area (Å²) in [4.78, 5) is 0. The van der Waals surface area contributed by atoms with Gasteiger partial charge < -0.3 is 5.73 Å². The van der Waals surface area contributed by atoms with Gasteiger partial charge in [0.2, 0.25) is 0 Å². The van der Waals surface area contributed by atoms with Crippen LogP contribution in [-0.2, 0) is 7.05 Å². The average Bonchev–Trinajstić information content (AvgIpc) is 2.58. The number of nitrogens with two attached hydrogens (primary N) is 1. The molecule has 0 bridgehead atoms. The van der Waals surface area contributed by atoms with Gasteiger partial charge in [0.25, 0.3) is 0 Å². The molecule has 4 nitrogen and oxygen atoms in total. The smallest absolute Gasteiger partial charge is 0.101 e. The van der Waals surface area contributed by atoms with E-state index < -0.39 is 0 Å². The van der Waals surface area contributed by atoms with Crippen LogP contribution in [0, 0.1) is 11.3 Å². The summed E-state index contributed by atoms with van der Waals surface area (Å²) in [6.07, 6.45) is 1.58. The Morgan fingerprint density at radius 1 is 1.50 bits per heavy atom. The van der Waals surface area contributed by atoms with Gasteiger partial charge in [-0.1, -0.05) is 17.7 Å². The fourth-order valence-corrected chi connectivity index (χ4v) is 1.78. The van der Waals surface area contributed by atoms with Crippen LogP contribution in [0.3, 0.4) is 0 Å². The van der Waals surface area contributed by atoms with Crippen LogP contribution >= 0.6 is 11.6 Å².